The number of carbonyl (C=O) groups is 2. The summed E-state index contributed by atoms with van der Waals surface area (Å²) in [7, 11) is -4.09. The number of H-pyrrole nitrogens is 1. The number of rotatable bonds is 6. The average molecular weight is 263 g/mol. The molecule has 94 valence electrons. The molecule has 0 amide bonds. The number of aromatic amines is 1. The van der Waals surface area contributed by atoms with E-state index in [4.69, 9.17) is 10.2 Å². The SMILES string of the molecule is O=C(O)C[C@H](NS(=O)(=O)c1cn[nH]c1)C(=O)O. The van der Waals surface area contributed by atoms with E-state index in [1.54, 1.807) is 4.72 Å². The molecular formula is C7H9N3O6S. The second-order valence-electron chi connectivity index (χ2n) is 3.04. The van der Waals surface area contributed by atoms with Crippen LogP contribution in [0.3, 0.4) is 0 Å². The van der Waals surface area contributed by atoms with Gasteiger partial charge >= 0.3 is 11.9 Å². The molecule has 0 saturated carbocycles. The molecule has 0 bridgehead atoms. The lowest BCUT2D eigenvalue weighted by molar-refractivity contribution is -0.145. The molecule has 4 N–H and O–H groups in total. The summed E-state index contributed by atoms with van der Waals surface area (Å²) >= 11 is 0. The quantitative estimate of drug-likeness (QED) is 0.493. The van der Waals surface area contributed by atoms with E-state index in [1.807, 2.05) is 0 Å². The molecule has 1 rings (SSSR count). The highest BCUT2D eigenvalue weighted by Crippen LogP contribution is 2.07. The number of sulfonamides is 1. The van der Waals surface area contributed by atoms with Crippen LogP contribution in [0.4, 0.5) is 0 Å². The van der Waals surface area contributed by atoms with Crippen molar-refractivity contribution in [2.45, 2.75) is 17.4 Å². The van der Waals surface area contributed by atoms with Crippen molar-refractivity contribution in [3.63, 3.8) is 0 Å². The van der Waals surface area contributed by atoms with E-state index >= 15 is 0 Å². The third-order valence-corrected chi connectivity index (χ3v) is 3.20. The molecule has 1 atom stereocenters. The number of hydrogen-bond acceptors (Lipinski definition) is 5. The molecule has 0 aromatic carbocycles. The van der Waals surface area contributed by atoms with Crippen LogP contribution in [0.2, 0.25) is 0 Å². The molecule has 1 aromatic rings. The van der Waals surface area contributed by atoms with Crippen LogP contribution >= 0.6 is 0 Å². The largest absolute Gasteiger partial charge is 0.481 e. The van der Waals surface area contributed by atoms with E-state index in [9.17, 15) is 18.0 Å². The van der Waals surface area contributed by atoms with E-state index in [0.717, 1.165) is 12.4 Å². The second kappa shape index (κ2) is 4.93. The fourth-order valence-electron chi connectivity index (χ4n) is 0.995. The number of hydrogen-bond donors (Lipinski definition) is 4. The zero-order valence-electron chi connectivity index (χ0n) is 8.32. The Balaban J connectivity index is 2.87. The zero-order valence-corrected chi connectivity index (χ0v) is 9.14. The topological polar surface area (TPSA) is 149 Å². The van der Waals surface area contributed by atoms with Crippen molar-refractivity contribution in [2.24, 2.45) is 0 Å². The molecule has 0 aliphatic heterocycles. The first-order valence-electron chi connectivity index (χ1n) is 4.28. The fraction of sp³-hybridized carbons (Fsp3) is 0.286. The van der Waals surface area contributed by atoms with Crippen LogP contribution < -0.4 is 4.72 Å². The van der Waals surface area contributed by atoms with Crippen molar-refractivity contribution < 1.29 is 28.2 Å². The van der Waals surface area contributed by atoms with Crippen molar-refractivity contribution >= 4 is 22.0 Å². The highest BCUT2D eigenvalue weighted by Gasteiger charge is 2.27. The van der Waals surface area contributed by atoms with Crippen molar-refractivity contribution in [2.75, 3.05) is 0 Å². The lowest BCUT2D eigenvalue weighted by Crippen LogP contribution is -2.42. The van der Waals surface area contributed by atoms with E-state index < -0.39 is 34.4 Å². The summed E-state index contributed by atoms with van der Waals surface area (Å²) in [5.74, 6) is -2.99. The van der Waals surface area contributed by atoms with Gasteiger partial charge in [-0.1, -0.05) is 0 Å². The van der Waals surface area contributed by atoms with Gasteiger partial charge < -0.3 is 10.2 Å². The first-order valence-corrected chi connectivity index (χ1v) is 5.77. The Hall–Kier alpha value is -1.94. The standard InChI is InChI=1S/C7H9N3O6S/c11-6(12)1-5(7(13)14)10-17(15,16)4-2-8-9-3-4/h2-3,5,10H,1H2,(H,8,9)(H,11,12)(H,13,14)/t5-/m0/s1. The van der Waals surface area contributed by atoms with E-state index in [1.165, 1.54) is 0 Å². The van der Waals surface area contributed by atoms with Gasteiger partial charge in [0.25, 0.3) is 0 Å². The molecule has 0 spiro atoms. The van der Waals surface area contributed by atoms with Gasteiger partial charge in [-0.3, -0.25) is 14.7 Å². The van der Waals surface area contributed by atoms with Crippen LogP contribution in [-0.4, -0.2) is 46.8 Å². The summed E-state index contributed by atoms with van der Waals surface area (Å²) in [6.07, 6.45) is 1.16. The molecular weight excluding hydrogens is 254 g/mol. The van der Waals surface area contributed by atoms with Crippen molar-refractivity contribution in [3.8, 4) is 0 Å². The predicted molar refractivity (Wildman–Crippen MR) is 52.6 cm³/mol. The van der Waals surface area contributed by atoms with E-state index in [-0.39, 0.29) is 4.90 Å². The smallest absolute Gasteiger partial charge is 0.322 e. The minimum Gasteiger partial charge on any atom is -0.481 e. The number of aromatic nitrogens is 2. The van der Waals surface area contributed by atoms with Crippen molar-refractivity contribution in [1.29, 1.82) is 0 Å². The number of aliphatic carboxylic acids is 2. The van der Waals surface area contributed by atoms with Crippen molar-refractivity contribution in [1.82, 2.24) is 14.9 Å². The molecule has 1 heterocycles. The van der Waals surface area contributed by atoms with Gasteiger partial charge in [-0.05, 0) is 0 Å². The third-order valence-electron chi connectivity index (χ3n) is 1.76. The number of carboxylic acids is 2. The molecule has 0 fully saturated rings. The third kappa shape index (κ3) is 3.53. The highest BCUT2D eigenvalue weighted by atomic mass is 32.2. The lowest BCUT2D eigenvalue weighted by Gasteiger charge is -2.11. The van der Waals surface area contributed by atoms with Crippen LogP contribution in [0.5, 0.6) is 0 Å². The summed E-state index contributed by atoms with van der Waals surface area (Å²) in [6.45, 7) is 0. The highest BCUT2D eigenvalue weighted by molar-refractivity contribution is 7.89. The van der Waals surface area contributed by atoms with Crippen LogP contribution in [0.1, 0.15) is 6.42 Å². The zero-order chi connectivity index (χ0) is 13.1. The molecule has 9 nitrogen and oxygen atoms in total. The van der Waals surface area contributed by atoms with Gasteiger partial charge in [0, 0.05) is 6.20 Å². The first-order chi connectivity index (χ1) is 7.83. The summed E-state index contributed by atoms with van der Waals surface area (Å²) < 4.78 is 24.9. The van der Waals surface area contributed by atoms with E-state index in [2.05, 4.69) is 10.2 Å². The van der Waals surface area contributed by atoms with Gasteiger partial charge in [0.2, 0.25) is 10.0 Å². The maximum atomic E-state index is 11.6. The molecule has 1 aromatic heterocycles. The number of nitrogens with one attached hydrogen (secondary N) is 2. The molecule has 0 unspecified atom stereocenters. The Kier molecular flexibility index (Phi) is 3.81. The lowest BCUT2D eigenvalue weighted by atomic mass is 10.2. The summed E-state index contributed by atoms with van der Waals surface area (Å²) in [5.41, 5.74) is 0. The summed E-state index contributed by atoms with van der Waals surface area (Å²) in [6, 6.07) is -1.73. The van der Waals surface area contributed by atoms with Gasteiger partial charge in [-0.15, -0.1) is 0 Å². The minimum atomic E-state index is -4.09. The Bertz CT molecular complexity index is 508. The van der Waals surface area contributed by atoms with Crippen LogP contribution in [-0.2, 0) is 19.6 Å². The van der Waals surface area contributed by atoms with Crippen LogP contribution in [0.15, 0.2) is 17.3 Å². The fourth-order valence-corrected chi connectivity index (χ4v) is 2.09. The minimum absolute atomic E-state index is 0.269. The van der Waals surface area contributed by atoms with Crippen LogP contribution in [0.25, 0.3) is 0 Å². The molecule has 17 heavy (non-hydrogen) atoms. The second-order valence-corrected chi connectivity index (χ2v) is 4.76. The van der Waals surface area contributed by atoms with Gasteiger partial charge in [0.1, 0.15) is 10.9 Å². The average Bonchev–Trinajstić information content (AvgIpc) is 2.68. The Labute approximate surface area is 95.5 Å². The van der Waals surface area contributed by atoms with Crippen molar-refractivity contribution in [3.05, 3.63) is 12.4 Å². The Morgan fingerprint density at radius 2 is 2.12 bits per heavy atom. The van der Waals surface area contributed by atoms with Crippen LogP contribution in [0, 0.1) is 0 Å². The Morgan fingerprint density at radius 3 is 2.53 bits per heavy atom. The summed E-state index contributed by atoms with van der Waals surface area (Å²) in [4.78, 5) is 20.8. The molecule has 0 aliphatic rings. The number of nitrogens with zero attached hydrogens (tertiary/aromatic N) is 1. The van der Waals surface area contributed by atoms with Gasteiger partial charge in [0.15, 0.2) is 0 Å². The Morgan fingerprint density at radius 1 is 1.47 bits per heavy atom. The number of carboxylic acid groups (broad SMARTS) is 2. The summed E-state index contributed by atoms with van der Waals surface area (Å²) in [5, 5.41) is 22.8. The molecule has 0 saturated heterocycles. The van der Waals surface area contributed by atoms with Gasteiger partial charge in [0.05, 0.1) is 12.6 Å². The normalized spacial score (nSPS) is 13.2. The van der Waals surface area contributed by atoms with Gasteiger partial charge in [-0.25, -0.2) is 8.42 Å². The maximum Gasteiger partial charge on any atom is 0.322 e. The molecule has 0 radical (unpaired) electrons. The predicted octanol–water partition coefficient (Wildman–Crippen LogP) is -1.38. The molecule has 0 aliphatic carbocycles. The first kappa shape index (κ1) is 13.1. The van der Waals surface area contributed by atoms with E-state index in [0.29, 0.717) is 0 Å². The maximum absolute atomic E-state index is 11.6. The van der Waals surface area contributed by atoms with Gasteiger partial charge in [-0.2, -0.15) is 9.82 Å². The monoisotopic (exact) mass is 263 g/mol. The molecule has 10 heteroatoms.